The van der Waals surface area contributed by atoms with Crippen molar-refractivity contribution in [2.45, 2.75) is 32.2 Å². The number of para-hydroxylation sites is 1. The zero-order chi connectivity index (χ0) is 22.5. The fourth-order valence-electron chi connectivity index (χ4n) is 2.95. The van der Waals surface area contributed by atoms with Crippen LogP contribution in [0.2, 0.25) is 0 Å². The molecule has 31 heavy (non-hydrogen) atoms. The minimum Gasteiger partial charge on any atom is -0.479 e. The van der Waals surface area contributed by atoms with Crippen LogP contribution in [-0.2, 0) is 5.60 Å². The van der Waals surface area contributed by atoms with Crippen molar-refractivity contribution >= 4 is 5.97 Å². The Kier molecular flexibility index (Phi) is 6.53. The molecule has 3 aromatic carbocycles. The Balaban J connectivity index is 1.96. The zero-order valence-corrected chi connectivity index (χ0v) is 17.0. The Bertz CT molecular complexity index is 1020. The van der Waals surface area contributed by atoms with Gasteiger partial charge >= 0.3 is 12.3 Å². The molecule has 3 rings (SSSR count). The van der Waals surface area contributed by atoms with Crippen LogP contribution >= 0.6 is 0 Å². The first kappa shape index (κ1) is 22.2. The number of hydrogen-bond donors (Lipinski definition) is 0. The van der Waals surface area contributed by atoms with Gasteiger partial charge in [0.15, 0.2) is 11.5 Å². The van der Waals surface area contributed by atoms with Gasteiger partial charge in [0.1, 0.15) is 11.4 Å². The lowest BCUT2D eigenvalue weighted by Gasteiger charge is -2.31. The van der Waals surface area contributed by atoms with E-state index in [0.717, 1.165) is 11.6 Å². The molecule has 0 aliphatic heterocycles. The van der Waals surface area contributed by atoms with Crippen molar-refractivity contribution < 1.29 is 32.2 Å². The highest BCUT2D eigenvalue weighted by molar-refractivity contribution is 5.91. The second-order valence-electron chi connectivity index (χ2n) is 6.96. The summed E-state index contributed by atoms with van der Waals surface area (Å²) in [5.74, 6) is -1.17. The lowest BCUT2D eigenvalue weighted by molar-refractivity contribution is -0.275. The van der Waals surface area contributed by atoms with Crippen LogP contribution in [0.15, 0.2) is 78.9 Å². The van der Waals surface area contributed by atoms with Crippen LogP contribution in [0.5, 0.6) is 17.2 Å². The third-order valence-corrected chi connectivity index (χ3v) is 4.75. The smallest absolute Gasteiger partial charge is 0.479 e. The maximum atomic E-state index is 12.9. The molecule has 0 saturated heterocycles. The second-order valence-corrected chi connectivity index (χ2v) is 6.96. The highest BCUT2D eigenvalue weighted by Crippen LogP contribution is 2.39. The molecule has 3 aromatic rings. The van der Waals surface area contributed by atoms with Crippen LogP contribution in [0.4, 0.5) is 13.2 Å². The fourth-order valence-corrected chi connectivity index (χ4v) is 2.95. The first-order valence-electron chi connectivity index (χ1n) is 9.62. The molecule has 0 aromatic heterocycles. The Morgan fingerprint density at radius 1 is 0.839 bits per heavy atom. The van der Waals surface area contributed by atoms with Gasteiger partial charge in [0.05, 0.1) is 5.56 Å². The average Bonchev–Trinajstić information content (AvgIpc) is 2.75. The van der Waals surface area contributed by atoms with Crippen LogP contribution in [0.1, 0.15) is 36.2 Å². The summed E-state index contributed by atoms with van der Waals surface area (Å²) in [6, 6.07) is 20.9. The molecule has 7 heteroatoms. The van der Waals surface area contributed by atoms with E-state index >= 15 is 0 Å². The van der Waals surface area contributed by atoms with Gasteiger partial charge < -0.3 is 14.2 Å². The molecule has 0 spiro atoms. The SMILES string of the molecule is CCC(C)(Oc1cc(C(=O)Oc2ccccc2)ccc1OC(F)(F)F)c1ccccc1. The van der Waals surface area contributed by atoms with E-state index in [1.54, 1.807) is 37.3 Å². The van der Waals surface area contributed by atoms with E-state index in [1.165, 1.54) is 12.1 Å². The second kappa shape index (κ2) is 9.12. The summed E-state index contributed by atoms with van der Waals surface area (Å²) in [5, 5.41) is 0. The lowest BCUT2D eigenvalue weighted by Crippen LogP contribution is -2.29. The maximum Gasteiger partial charge on any atom is 0.573 e. The molecule has 0 radical (unpaired) electrons. The van der Waals surface area contributed by atoms with Gasteiger partial charge in [0, 0.05) is 0 Å². The van der Waals surface area contributed by atoms with Gasteiger partial charge in [-0.25, -0.2) is 4.79 Å². The minimum atomic E-state index is -4.92. The number of esters is 1. The van der Waals surface area contributed by atoms with E-state index in [9.17, 15) is 18.0 Å². The molecule has 0 amide bonds. The predicted molar refractivity (Wildman–Crippen MR) is 109 cm³/mol. The number of alkyl halides is 3. The van der Waals surface area contributed by atoms with Crippen molar-refractivity contribution in [1.82, 2.24) is 0 Å². The molecule has 4 nitrogen and oxygen atoms in total. The zero-order valence-electron chi connectivity index (χ0n) is 17.0. The van der Waals surface area contributed by atoms with Crippen molar-refractivity contribution in [2.24, 2.45) is 0 Å². The number of hydrogen-bond acceptors (Lipinski definition) is 4. The fraction of sp³-hybridized carbons (Fsp3) is 0.208. The van der Waals surface area contributed by atoms with Crippen LogP contribution < -0.4 is 14.2 Å². The number of carbonyl (C=O) groups excluding carboxylic acids is 1. The summed E-state index contributed by atoms with van der Waals surface area (Å²) in [4.78, 5) is 12.5. The maximum absolute atomic E-state index is 12.9. The number of halogens is 3. The Labute approximate surface area is 178 Å². The monoisotopic (exact) mass is 430 g/mol. The third-order valence-electron chi connectivity index (χ3n) is 4.75. The summed E-state index contributed by atoms with van der Waals surface area (Å²) in [5.41, 5.74) is -0.153. The van der Waals surface area contributed by atoms with Crippen molar-refractivity contribution in [3.63, 3.8) is 0 Å². The molecule has 0 aliphatic carbocycles. The molecule has 0 aliphatic rings. The van der Waals surface area contributed by atoms with Gasteiger partial charge in [0.25, 0.3) is 0 Å². The molecular formula is C24H21F3O4. The standard InChI is InChI=1S/C24H21F3O4/c1-3-23(2,18-10-6-4-7-11-18)30-21-16-17(14-15-20(21)31-24(25,26)27)22(28)29-19-12-8-5-9-13-19/h4-16H,3H2,1-2H3. The minimum absolute atomic E-state index is 0.0277. The Hall–Kier alpha value is -3.48. The van der Waals surface area contributed by atoms with Crippen molar-refractivity contribution in [1.29, 1.82) is 0 Å². The van der Waals surface area contributed by atoms with E-state index in [-0.39, 0.29) is 11.3 Å². The average molecular weight is 430 g/mol. The van der Waals surface area contributed by atoms with Gasteiger partial charge in [-0.05, 0) is 49.2 Å². The summed E-state index contributed by atoms with van der Waals surface area (Å²) < 4.78 is 54.2. The van der Waals surface area contributed by atoms with Gasteiger partial charge in [-0.2, -0.15) is 0 Å². The number of carbonyl (C=O) groups is 1. The van der Waals surface area contributed by atoms with Crippen LogP contribution in [0.3, 0.4) is 0 Å². The van der Waals surface area contributed by atoms with Crippen molar-refractivity contribution in [3.05, 3.63) is 90.0 Å². The molecule has 0 fully saturated rings. The van der Waals surface area contributed by atoms with E-state index in [2.05, 4.69) is 4.74 Å². The van der Waals surface area contributed by atoms with Gasteiger partial charge in [-0.15, -0.1) is 13.2 Å². The molecule has 0 N–H and O–H groups in total. The summed E-state index contributed by atoms with van der Waals surface area (Å²) in [6.07, 6.45) is -4.46. The first-order chi connectivity index (χ1) is 14.7. The van der Waals surface area contributed by atoms with Gasteiger partial charge in [0.2, 0.25) is 0 Å². The van der Waals surface area contributed by atoms with E-state index in [0.29, 0.717) is 12.2 Å². The van der Waals surface area contributed by atoms with Crippen molar-refractivity contribution in [3.8, 4) is 17.2 Å². The van der Waals surface area contributed by atoms with Crippen LogP contribution in [-0.4, -0.2) is 12.3 Å². The largest absolute Gasteiger partial charge is 0.573 e. The number of ether oxygens (including phenoxy) is 3. The normalized spacial score (nSPS) is 13.2. The predicted octanol–water partition coefficient (Wildman–Crippen LogP) is 6.51. The van der Waals surface area contributed by atoms with Crippen molar-refractivity contribution in [2.75, 3.05) is 0 Å². The van der Waals surface area contributed by atoms with Crippen LogP contribution in [0.25, 0.3) is 0 Å². The Morgan fingerprint density at radius 2 is 1.45 bits per heavy atom. The number of benzene rings is 3. The molecule has 0 saturated carbocycles. The summed E-state index contributed by atoms with van der Waals surface area (Å²) in [7, 11) is 0. The van der Waals surface area contributed by atoms with Gasteiger partial charge in [-0.1, -0.05) is 55.5 Å². The summed E-state index contributed by atoms with van der Waals surface area (Å²) in [6.45, 7) is 3.61. The Morgan fingerprint density at radius 3 is 2.03 bits per heavy atom. The molecule has 162 valence electrons. The highest BCUT2D eigenvalue weighted by atomic mass is 19.4. The molecule has 1 atom stereocenters. The van der Waals surface area contributed by atoms with E-state index in [4.69, 9.17) is 9.47 Å². The van der Waals surface area contributed by atoms with Crippen LogP contribution in [0, 0.1) is 0 Å². The van der Waals surface area contributed by atoms with Gasteiger partial charge in [-0.3, -0.25) is 0 Å². The van der Waals surface area contributed by atoms with E-state index in [1.807, 2.05) is 37.3 Å². The summed E-state index contributed by atoms with van der Waals surface area (Å²) >= 11 is 0. The topological polar surface area (TPSA) is 44.8 Å². The highest BCUT2D eigenvalue weighted by Gasteiger charge is 2.35. The molecule has 1 unspecified atom stereocenters. The lowest BCUT2D eigenvalue weighted by atomic mass is 9.93. The quantitative estimate of drug-likeness (QED) is 0.317. The molecular weight excluding hydrogens is 409 g/mol. The molecule has 0 bridgehead atoms. The third kappa shape index (κ3) is 5.78. The van der Waals surface area contributed by atoms with E-state index < -0.39 is 23.7 Å². The molecule has 0 heterocycles. The first-order valence-corrected chi connectivity index (χ1v) is 9.62. The number of rotatable bonds is 7.